The largest absolute Gasteiger partial charge is 0.417 e. The molecular weight excluding hydrogens is 514 g/mol. The van der Waals surface area contributed by atoms with Crippen molar-refractivity contribution in [3.8, 4) is 22.6 Å². The van der Waals surface area contributed by atoms with Crippen LogP contribution in [0.4, 0.5) is 35.1 Å². The monoisotopic (exact) mass is 527 g/mol. The molecule has 37 heavy (non-hydrogen) atoms. The van der Waals surface area contributed by atoms with Crippen molar-refractivity contribution >= 4 is 6.21 Å². The van der Waals surface area contributed by atoms with E-state index in [1.54, 1.807) is 0 Å². The van der Waals surface area contributed by atoms with Crippen LogP contribution in [-0.2, 0) is 25.4 Å². The summed E-state index contributed by atoms with van der Waals surface area (Å²) in [7, 11) is 0. The maximum absolute atomic E-state index is 14.1. The molecule has 1 aliphatic heterocycles. The average Bonchev–Trinajstić information content (AvgIpc) is 3.44. The first-order valence-electron chi connectivity index (χ1n) is 10.5. The number of benzene rings is 2. The zero-order valence-corrected chi connectivity index (χ0v) is 18.3. The van der Waals surface area contributed by atoms with Crippen LogP contribution in [0.25, 0.3) is 22.6 Å². The van der Waals surface area contributed by atoms with Gasteiger partial charge >= 0.3 is 12.4 Å². The summed E-state index contributed by atoms with van der Waals surface area (Å²) in [5.74, 6) is -1.59. The van der Waals surface area contributed by atoms with Crippen LogP contribution in [0.15, 0.2) is 52.1 Å². The molecule has 1 N–H and O–H groups in total. The fourth-order valence-electron chi connectivity index (χ4n) is 3.82. The summed E-state index contributed by atoms with van der Waals surface area (Å²) in [6.45, 7) is 0.00631. The lowest BCUT2D eigenvalue weighted by Crippen LogP contribution is -2.21. The number of hydrogen-bond acceptors (Lipinski definition) is 5. The van der Waals surface area contributed by atoms with Gasteiger partial charge in [-0.3, -0.25) is 5.01 Å². The Balaban J connectivity index is 1.37. The second-order valence-corrected chi connectivity index (χ2v) is 8.05. The topological polar surface area (TPSA) is 70.3 Å². The van der Waals surface area contributed by atoms with Crippen LogP contribution in [0.5, 0.6) is 0 Å². The highest BCUT2D eigenvalue weighted by Crippen LogP contribution is 2.40. The summed E-state index contributed by atoms with van der Waals surface area (Å²) in [4.78, 5) is 6.98. The van der Waals surface area contributed by atoms with Gasteiger partial charge in [-0.25, -0.2) is 13.8 Å². The molecule has 2 aromatic carbocycles. The summed E-state index contributed by atoms with van der Waals surface area (Å²) >= 11 is 0. The van der Waals surface area contributed by atoms with Gasteiger partial charge < -0.3 is 9.51 Å². The lowest BCUT2D eigenvalue weighted by molar-refractivity contribution is -0.142. The quantitative estimate of drug-likeness (QED) is 0.312. The normalized spacial score (nSPS) is 13.8. The molecule has 0 amide bonds. The first-order valence-corrected chi connectivity index (χ1v) is 10.5. The molecule has 0 atom stereocenters. The van der Waals surface area contributed by atoms with Gasteiger partial charge in [0.05, 0.1) is 41.7 Å². The standard InChI is InChI=1S/C23H13F8N5O/c24-15-2-1-3-16(25)20(15)21-33-18-8-32-36(10-19(18)34-21)9-12-7-17(35-37-12)13-5-4-11(22(26,27)28)6-14(13)23(29,30)31/h1-8H,9-10H2,(H,33,34). The minimum Gasteiger partial charge on any atom is -0.359 e. The van der Waals surface area contributed by atoms with Crippen LogP contribution in [0.2, 0.25) is 0 Å². The highest BCUT2D eigenvalue weighted by molar-refractivity contribution is 5.81. The van der Waals surface area contributed by atoms with E-state index in [1.807, 2.05) is 0 Å². The Morgan fingerprint density at radius 1 is 0.946 bits per heavy atom. The zero-order chi connectivity index (χ0) is 26.5. The van der Waals surface area contributed by atoms with E-state index in [1.165, 1.54) is 17.3 Å². The van der Waals surface area contributed by atoms with Crippen LogP contribution in [-0.4, -0.2) is 26.3 Å². The molecule has 0 saturated heterocycles. The van der Waals surface area contributed by atoms with E-state index in [-0.39, 0.29) is 42.0 Å². The molecule has 0 saturated carbocycles. The van der Waals surface area contributed by atoms with Crippen molar-refractivity contribution in [2.75, 3.05) is 0 Å². The number of hydrazone groups is 1. The molecule has 14 heteroatoms. The van der Waals surface area contributed by atoms with Gasteiger partial charge in [-0.2, -0.15) is 31.4 Å². The van der Waals surface area contributed by atoms with Crippen molar-refractivity contribution < 1.29 is 39.6 Å². The maximum atomic E-state index is 14.1. The Labute approximate surface area is 202 Å². The number of nitrogens with one attached hydrogen (secondary N) is 1. The van der Waals surface area contributed by atoms with Gasteiger partial charge in [-0.05, 0) is 24.3 Å². The van der Waals surface area contributed by atoms with Gasteiger partial charge in [-0.1, -0.05) is 17.3 Å². The summed E-state index contributed by atoms with van der Waals surface area (Å²) < 4.78 is 113. The van der Waals surface area contributed by atoms with Crippen LogP contribution in [0, 0.1) is 11.6 Å². The van der Waals surface area contributed by atoms with Crippen LogP contribution >= 0.6 is 0 Å². The first kappa shape index (κ1) is 24.5. The second-order valence-electron chi connectivity index (χ2n) is 8.05. The van der Waals surface area contributed by atoms with Gasteiger partial charge in [0, 0.05) is 11.6 Å². The number of fused-ring (bicyclic) bond motifs is 1. The van der Waals surface area contributed by atoms with E-state index in [0.29, 0.717) is 23.5 Å². The van der Waals surface area contributed by atoms with E-state index in [2.05, 4.69) is 20.2 Å². The van der Waals surface area contributed by atoms with Crippen LogP contribution < -0.4 is 0 Å². The number of alkyl halides is 6. The summed E-state index contributed by atoms with van der Waals surface area (Å²) in [6.07, 6.45) is -8.70. The number of aromatic amines is 1. The van der Waals surface area contributed by atoms with Crippen LogP contribution in [0.1, 0.15) is 28.3 Å². The first-order chi connectivity index (χ1) is 17.4. The van der Waals surface area contributed by atoms with Gasteiger partial charge in [0.2, 0.25) is 0 Å². The Morgan fingerprint density at radius 3 is 2.35 bits per heavy atom. The van der Waals surface area contributed by atoms with E-state index in [9.17, 15) is 35.1 Å². The zero-order valence-electron chi connectivity index (χ0n) is 18.3. The van der Waals surface area contributed by atoms with Crippen LogP contribution in [0.3, 0.4) is 0 Å². The minimum atomic E-state index is -5.07. The van der Waals surface area contributed by atoms with Gasteiger partial charge in [0.15, 0.2) is 5.76 Å². The molecule has 0 bridgehead atoms. The van der Waals surface area contributed by atoms with Crippen molar-refractivity contribution in [3.05, 3.63) is 82.4 Å². The van der Waals surface area contributed by atoms with Crippen molar-refractivity contribution in [2.45, 2.75) is 25.4 Å². The third kappa shape index (κ3) is 4.78. The maximum Gasteiger partial charge on any atom is 0.417 e. The highest BCUT2D eigenvalue weighted by atomic mass is 19.4. The lowest BCUT2D eigenvalue weighted by atomic mass is 10.0. The molecule has 192 valence electrons. The number of nitrogens with zero attached hydrogens (tertiary/aromatic N) is 4. The second kappa shape index (κ2) is 8.71. The fourth-order valence-corrected chi connectivity index (χ4v) is 3.82. The molecule has 5 rings (SSSR count). The Hall–Kier alpha value is -4.23. The molecule has 0 radical (unpaired) electrons. The van der Waals surface area contributed by atoms with Gasteiger partial charge in [0.25, 0.3) is 0 Å². The Morgan fingerprint density at radius 2 is 1.68 bits per heavy atom. The molecule has 1 aliphatic rings. The number of halogens is 8. The predicted molar refractivity (Wildman–Crippen MR) is 113 cm³/mol. The van der Waals surface area contributed by atoms with Gasteiger partial charge in [0.1, 0.15) is 28.8 Å². The number of rotatable bonds is 4. The fraction of sp³-hybridized carbons (Fsp3) is 0.174. The average molecular weight is 527 g/mol. The van der Waals surface area contributed by atoms with E-state index in [0.717, 1.165) is 18.2 Å². The number of aromatic nitrogens is 3. The third-order valence-corrected chi connectivity index (χ3v) is 5.52. The van der Waals surface area contributed by atoms with E-state index in [4.69, 9.17) is 4.52 Å². The van der Waals surface area contributed by atoms with E-state index < -0.39 is 40.7 Å². The predicted octanol–water partition coefficient (Wildman–Crippen LogP) is 6.40. The van der Waals surface area contributed by atoms with Crippen molar-refractivity contribution in [1.29, 1.82) is 0 Å². The Kier molecular flexibility index (Phi) is 5.76. The smallest absolute Gasteiger partial charge is 0.359 e. The number of hydrogen-bond donors (Lipinski definition) is 1. The van der Waals surface area contributed by atoms with Crippen molar-refractivity contribution in [1.82, 2.24) is 20.1 Å². The molecule has 6 nitrogen and oxygen atoms in total. The molecule has 2 aromatic heterocycles. The SMILES string of the molecule is Fc1cccc(F)c1-c1nc2c([nH]1)CN(Cc1cc(-c3ccc(C(F)(F)F)cc3C(F)(F)F)no1)N=C2. The Bertz CT molecular complexity index is 1480. The lowest BCUT2D eigenvalue weighted by Gasteiger charge is -2.19. The summed E-state index contributed by atoms with van der Waals surface area (Å²) in [5.41, 5.74) is -3.37. The molecule has 0 unspecified atom stereocenters. The van der Waals surface area contributed by atoms with Crippen molar-refractivity contribution in [2.24, 2.45) is 5.10 Å². The van der Waals surface area contributed by atoms with Gasteiger partial charge in [-0.15, -0.1) is 0 Å². The molecule has 0 fully saturated rings. The molecular formula is C23H13F8N5O. The molecule has 0 spiro atoms. The summed E-state index contributed by atoms with van der Waals surface area (Å²) in [5, 5.41) is 9.15. The third-order valence-electron chi connectivity index (χ3n) is 5.52. The number of imidazole rings is 1. The molecule has 4 aromatic rings. The summed E-state index contributed by atoms with van der Waals surface area (Å²) in [6, 6.07) is 5.79. The number of H-pyrrole nitrogens is 1. The van der Waals surface area contributed by atoms with Crippen molar-refractivity contribution in [3.63, 3.8) is 0 Å². The molecule has 0 aliphatic carbocycles. The highest BCUT2D eigenvalue weighted by Gasteiger charge is 2.39. The minimum absolute atomic E-state index is 0.0222. The van der Waals surface area contributed by atoms with E-state index >= 15 is 0 Å². The molecule has 3 heterocycles.